The minimum atomic E-state index is -0.0959. The Morgan fingerprint density at radius 1 is 1.12 bits per heavy atom. The van der Waals surface area contributed by atoms with E-state index < -0.39 is 0 Å². The van der Waals surface area contributed by atoms with Crippen molar-refractivity contribution in [3.8, 4) is 0 Å². The number of aromatic nitrogens is 2. The number of nitrogens with zero attached hydrogens (tertiary/aromatic N) is 5. The Hall–Kier alpha value is -2.47. The number of carbonyl (C=O) groups is 1. The summed E-state index contributed by atoms with van der Waals surface area (Å²) in [5, 5.41) is 0. The van der Waals surface area contributed by atoms with Gasteiger partial charge in [-0.25, -0.2) is 9.97 Å². The highest BCUT2D eigenvalue weighted by Gasteiger charge is 2.20. The lowest BCUT2D eigenvalue weighted by atomic mass is 10.2. The van der Waals surface area contributed by atoms with Crippen molar-refractivity contribution in [3.05, 3.63) is 48.4 Å². The fraction of sp³-hybridized carbons (Fsp3) is 0.389. The first-order valence-corrected chi connectivity index (χ1v) is 8.31. The molecule has 3 rings (SSSR count). The maximum absolute atomic E-state index is 12.9. The molecule has 126 valence electrons. The van der Waals surface area contributed by atoms with Crippen molar-refractivity contribution >= 4 is 17.4 Å². The van der Waals surface area contributed by atoms with Gasteiger partial charge >= 0.3 is 0 Å². The molecular formula is C18H23N5O. The maximum atomic E-state index is 12.9. The van der Waals surface area contributed by atoms with Gasteiger partial charge < -0.3 is 14.7 Å². The molecule has 0 spiro atoms. The van der Waals surface area contributed by atoms with Crippen LogP contribution in [-0.2, 0) is 0 Å². The first-order valence-electron chi connectivity index (χ1n) is 8.31. The Kier molecular flexibility index (Phi) is 5.05. The summed E-state index contributed by atoms with van der Waals surface area (Å²) in [5.41, 5.74) is 1.31. The van der Waals surface area contributed by atoms with Crippen LogP contribution in [0.3, 0.4) is 0 Å². The molecule has 1 fully saturated rings. The second-order valence-electron chi connectivity index (χ2n) is 5.94. The van der Waals surface area contributed by atoms with Crippen LogP contribution in [0.2, 0.25) is 0 Å². The van der Waals surface area contributed by atoms with Gasteiger partial charge in [0, 0.05) is 44.5 Å². The fourth-order valence-corrected chi connectivity index (χ4v) is 2.86. The molecule has 1 aliphatic rings. The summed E-state index contributed by atoms with van der Waals surface area (Å²) < 4.78 is 0. The van der Waals surface area contributed by atoms with E-state index in [1.165, 1.54) is 6.33 Å². The number of carbonyl (C=O) groups excluding carboxylic acids is 1. The molecule has 0 radical (unpaired) electrons. The largest absolute Gasteiger partial charge is 0.354 e. The molecule has 0 bridgehead atoms. The number of hydrogen-bond donors (Lipinski definition) is 0. The summed E-state index contributed by atoms with van der Waals surface area (Å²) in [5.74, 6) is 0.729. The number of rotatable bonds is 4. The normalized spacial score (nSPS) is 15.3. The van der Waals surface area contributed by atoms with Gasteiger partial charge in [0.2, 0.25) is 0 Å². The molecule has 0 unspecified atom stereocenters. The monoisotopic (exact) mass is 325 g/mol. The van der Waals surface area contributed by atoms with Gasteiger partial charge in [-0.15, -0.1) is 0 Å². The van der Waals surface area contributed by atoms with E-state index in [9.17, 15) is 4.79 Å². The smallest absolute Gasteiger partial charge is 0.277 e. The summed E-state index contributed by atoms with van der Waals surface area (Å²) in [7, 11) is 2.12. The third-order valence-electron chi connectivity index (χ3n) is 4.33. The molecule has 1 aromatic heterocycles. The van der Waals surface area contributed by atoms with Gasteiger partial charge in [-0.3, -0.25) is 4.79 Å². The van der Waals surface area contributed by atoms with Gasteiger partial charge in [0.25, 0.3) is 5.91 Å². The van der Waals surface area contributed by atoms with Crippen LogP contribution >= 0.6 is 0 Å². The molecule has 1 aromatic carbocycles. The molecule has 0 atom stereocenters. The predicted molar refractivity (Wildman–Crippen MR) is 95.5 cm³/mol. The van der Waals surface area contributed by atoms with E-state index in [2.05, 4.69) is 26.8 Å². The zero-order valence-corrected chi connectivity index (χ0v) is 14.2. The predicted octanol–water partition coefficient (Wildman–Crippen LogP) is 1.90. The standard InChI is InChI=1S/C18H23N5O/c1-3-23(15-7-5-4-6-8-15)18(24)16-13-17(20-14-19-16)22-11-9-21(2)10-12-22/h4-8,13-14H,3,9-12H2,1-2H3. The lowest BCUT2D eigenvalue weighted by Crippen LogP contribution is -2.45. The van der Waals surface area contributed by atoms with Gasteiger partial charge in [-0.1, -0.05) is 18.2 Å². The molecule has 0 saturated carbocycles. The van der Waals surface area contributed by atoms with Crippen molar-refractivity contribution in [2.75, 3.05) is 49.6 Å². The number of piperazine rings is 1. The molecule has 1 aliphatic heterocycles. The first kappa shape index (κ1) is 16.4. The van der Waals surface area contributed by atoms with Crippen LogP contribution in [0.25, 0.3) is 0 Å². The van der Waals surface area contributed by atoms with Crippen molar-refractivity contribution in [2.45, 2.75) is 6.92 Å². The topological polar surface area (TPSA) is 52.6 Å². The highest BCUT2D eigenvalue weighted by molar-refractivity contribution is 6.05. The number of para-hydroxylation sites is 1. The van der Waals surface area contributed by atoms with Gasteiger partial charge in [-0.2, -0.15) is 0 Å². The van der Waals surface area contributed by atoms with Crippen LogP contribution < -0.4 is 9.80 Å². The third kappa shape index (κ3) is 3.54. The molecule has 1 saturated heterocycles. The van der Waals surface area contributed by atoms with Crippen LogP contribution in [0.1, 0.15) is 17.4 Å². The Morgan fingerprint density at radius 3 is 2.50 bits per heavy atom. The summed E-state index contributed by atoms with van der Waals surface area (Å²) in [6.07, 6.45) is 1.49. The van der Waals surface area contributed by atoms with Crippen molar-refractivity contribution in [3.63, 3.8) is 0 Å². The van der Waals surface area contributed by atoms with E-state index in [0.717, 1.165) is 37.7 Å². The molecule has 24 heavy (non-hydrogen) atoms. The zero-order valence-electron chi connectivity index (χ0n) is 14.2. The van der Waals surface area contributed by atoms with E-state index in [-0.39, 0.29) is 5.91 Å². The van der Waals surface area contributed by atoms with Crippen LogP contribution in [-0.4, -0.2) is 60.5 Å². The second-order valence-corrected chi connectivity index (χ2v) is 5.94. The molecule has 6 heteroatoms. The van der Waals surface area contributed by atoms with Crippen LogP contribution in [0.5, 0.6) is 0 Å². The van der Waals surface area contributed by atoms with Gasteiger partial charge in [0.1, 0.15) is 17.8 Å². The average molecular weight is 325 g/mol. The number of hydrogen-bond acceptors (Lipinski definition) is 5. The average Bonchev–Trinajstić information content (AvgIpc) is 2.64. The first-order chi connectivity index (χ1) is 11.7. The highest BCUT2D eigenvalue weighted by atomic mass is 16.2. The maximum Gasteiger partial charge on any atom is 0.277 e. The third-order valence-corrected chi connectivity index (χ3v) is 4.33. The minimum Gasteiger partial charge on any atom is -0.354 e. The Bertz CT molecular complexity index is 683. The second kappa shape index (κ2) is 7.40. The van der Waals surface area contributed by atoms with Gasteiger partial charge in [-0.05, 0) is 26.1 Å². The number of likely N-dealkylation sites (N-methyl/N-ethyl adjacent to an activating group) is 1. The van der Waals surface area contributed by atoms with E-state index in [1.54, 1.807) is 11.0 Å². The summed E-state index contributed by atoms with van der Waals surface area (Å²) in [6.45, 7) is 6.38. The summed E-state index contributed by atoms with van der Waals surface area (Å²) >= 11 is 0. The number of benzene rings is 1. The Balaban J connectivity index is 1.81. The molecular weight excluding hydrogens is 302 g/mol. The fourth-order valence-electron chi connectivity index (χ4n) is 2.86. The highest BCUT2D eigenvalue weighted by Crippen LogP contribution is 2.18. The van der Waals surface area contributed by atoms with Crippen molar-refractivity contribution in [1.29, 1.82) is 0 Å². The molecule has 0 N–H and O–H groups in total. The Labute approximate surface area is 142 Å². The quantitative estimate of drug-likeness (QED) is 0.859. The lowest BCUT2D eigenvalue weighted by Gasteiger charge is -2.33. The van der Waals surface area contributed by atoms with Gasteiger partial charge in [0.05, 0.1) is 0 Å². The van der Waals surface area contributed by atoms with Crippen molar-refractivity contribution < 1.29 is 4.79 Å². The molecule has 1 amide bonds. The molecule has 2 heterocycles. The summed E-state index contributed by atoms with van der Waals surface area (Å²) in [4.78, 5) is 27.7. The zero-order chi connectivity index (χ0) is 16.9. The van der Waals surface area contributed by atoms with Crippen molar-refractivity contribution in [1.82, 2.24) is 14.9 Å². The van der Waals surface area contributed by atoms with E-state index in [1.807, 2.05) is 37.3 Å². The SMILES string of the molecule is CCN(C(=O)c1cc(N2CCN(C)CC2)ncn1)c1ccccc1. The van der Waals surface area contributed by atoms with Crippen molar-refractivity contribution in [2.24, 2.45) is 0 Å². The van der Waals surface area contributed by atoms with E-state index in [4.69, 9.17) is 0 Å². The molecule has 2 aromatic rings. The minimum absolute atomic E-state index is 0.0959. The Morgan fingerprint density at radius 2 is 1.83 bits per heavy atom. The van der Waals surface area contributed by atoms with Crippen LogP contribution in [0.4, 0.5) is 11.5 Å². The molecule has 0 aliphatic carbocycles. The summed E-state index contributed by atoms with van der Waals surface area (Å²) in [6, 6.07) is 11.5. The van der Waals surface area contributed by atoms with E-state index in [0.29, 0.717) is 12.2 Å². The molecule has 6 nitrogen and oxygen atoms in total. The van der Waals surface area contributed by atoms with Gasteiger partial charge in [0.15, 0.2) is 0 Å². The number of amides is 1. The number of anilines is 2. The van der Waals surface area contributed by atoms with Crippen LogP contribution in [0.15, 0.2) is 42.7 Å². The van der Waals surface area contributed by atoms with Crippen LogP contribution in [0, 0.1) is 0 Å². The lowest BCUT2D eigenvalue weighted by molar-refractivity contribution is 0.0983. The van der Waals surface area contributed by atoms with E-state index >= 15 is 0 Å².